The van der Waals surface area contributed by atoms with Crippen LogP contribution in [0.2, 0.25) is 0 Å². The number of likely N-dealkylation sites (N-methyl/N-ethyl adjacent to an activating group) is 1. The highest BCUT2D eigenvalue weighted by Crippen LogP contribution is 2.49. The standard InChI is InChI=1S/C18H34NO2/c1-19(2,3)14-15-21-17(20)18(12-8-5-9-13-18)16-10-6-4-7-11-16/h16H,4-15H2,1-3H3/q+1. The molecule has 0 aromatic heterocycles. The lowest BCUT2D eigenvalue weighted by atomic mass is 9.62. The van der Waals surface area contributed by atoms with E-state index in [2.05, 4.69) is 21.1 Å². The summed E-state index contributed by atoms with van der Waals surface area (Å²) in [6, 6.07) is 0. The van der Waals surface area contributed by atoms with Gasteiger partial charge >= 0.3 is 5.97 Å². The molecule has 0 unspecified atom stereocenters. The number of rotatable bonds is 5. The minimum Gasteiger partial charge on any atom is -0.459 e. The van der Waals surface area contributed by atoms with Crippen LogP contribution in [0.1, 0.15) is 64.2 Å². The van der Waals surface area contributed by atoms with Gasteiger partial charge in [-0.05, 0) is 31.6 Å². The molecule has 0 heterocycles. The highest BCUT2D eigenvalue weighted by molar-refractivity contribution is 5.77. The SMILES string of the molecule is C[N+](C)(C)CCOC(=O)C1(C2CCCCC2)CCCCC1. The Kier molecular flexibility index (Phi) is 5.70. The summed E-state index contributed by atoms with van der Waals surface area (Å²) in [6.45, 7) is 1.46. The van der Waals surface area contributed by atoms with E-state index in [1.807, 2.05) is 0 Å². The molecule has 0 spiro atoms. The maximum absolute atomic E-state index is 12.9. The van der Waals surface area contributed by atoms with Crippen molar-refractivity contribution in [3.63, 3.8) is 0 Å². The number of nitrogens with zero attached hydrogens (tertiary/aromatic N) is 1. The van der Waals surface area contributed by atoms with Crippen molar-refractivity contribution in [2.45, 2.75) is 64.2 Å². The van der Waals surface area contributed by atoms with Crippen LogP contribution in [0.4, 0.5) is 0 Å². The van der Waals surface area contributed by atoms with Crippen molar-refractivity contribution >= 4 is 5.97 Å². The summed E-state index contributed by atoms with van der Waals surface area (Å²) in [4.78, 5) is 12.9. The Morgan fingerprint density at radius 3 is 2.14 bits per heavy atom. The normalized spacial score (nSPS) is 23.8. The average molecular weight is 296 g/mol. The van der Waals surface area contributed by atoms with E-state index in [1.54, 1.807) is 0 Å². The molecule has 0 atom stereocenters. The summed E-state index contributed by atoms with van der Waals surface area (Å²) >= 11 is 0. The van der Waals surface area contributed by atoms with E-state index in [0.717, 1.165) is 23.9 Å². The van der Waals surface area contributed by atoms with Gasteiger partial charge in [-0.1, -0.05) is 38.5 Å². The van der Waals surface area contributed by atoms with Crippen LogP contribution >= 0.6 is 0 Å². The molecule has 3 heteroatoms. The zero-order valence-corrected chi connectivity index (χ0v) is 14.3. The van der Waals surface area contributed by atoms with E-state index < -0.39 is 0 Å². The second-order valence-electron chi connectivity index (χ2n) is 8.20. The molecule has 2 fully saturated rings. The van der Waals surface area contributed by atoms with E-state index >= 15 is 0 Å². The Morgan fingerprint density at radius 2 is 1.57 bits per heavy atom. The molecule has 2 aliphatic carbocycles. The van der Waals surface area contributed by atoms with Gasteiger partial charge in [0.15, 0.2) is 0 Å². The first kappa shape index (κ1) is 16.8. The maximum atomic E-state index is 12.9. The second-order valence-corrected chi connectivity index (χ2v) is 8.20. The van der Waals surface area contributed by atoms with E-state index in [0.29, 0.717) is 12.5 Å². The van der Waals surface area contributed by atoms with Crippen LogP contribution in [0.25, 0.3) is 0 Å². The van der Waals surface area contributed by atoms with Crippen molar-refractivity contribution in [1.82, 2.24) is 0 Å². The van der Waals surface area contributed by atoms with Crippen molar-refractivity contribution in [3.05, 3.63) is 0 Å². The largest absolute Gasteiger partial charge is 0.459 e. The summed E-state index contributed by atoms with van der Waals surface area (Å²) in [5.41, 5.74) is -0.135. The minimum atomic E-state index is -0.135. The first-order valence-corrected chi connectivity index (χ1v) is 8.92. The molecule has 0 saturated heterocycles. The molecule has 2 aliphatic rings. The van der Waals surface area contributed by atoms with Crippen molar-refractivity contribution < 1.29 is 14.0 Å². The van der Waals surface area contributed by atoms with Gasteiger partial charge in [0.25, 0.3) is 0 Å². The van der Waals surface area contributed by atoms with Crippen LogP contribution in [0.3, 0.4) is 0 Å². The topological polar surface area (TPSA) is 26.3 Å². The molecule has 0 bridgehead atoms. The van der Waals surface area contributed by atoms with Gasteiger partial charge in [0, 0.05) is 0 Å². The third-order valence-corrected chi connectivity index (χ3v) is 5.53. The number of hydrogen-bond acceptors (Lipinski definition) is 2. The lowest BCUT2D eigenvalue weighted by Crippen LogP contribution is -2.44. The van der Waals surface area contributed by atoms with E-state index in [4.69, 9.17) is 4.74 Å². The van der Waals surface area contributed by atoms with E-state index in [1.165, 1.54) is 51.4 Å². The molecule has 3 nitrogen and oxygen atoms in total. The summed E-state index contributed by atoms with van der Waals surface area (Å²) in [5, 5.41) is 0. The molecular weight excluding hydrogens is 262 g/mol. The van der Waals surface area contributed by atoms with Crippen LogP contribution < -0.4 is 0 Å². The average Bonchev–Trinajstić information content (AvgIpc) is 2.47. The van der Waals surface area contributed by atoms with Gasteiger partial charge in [0.1, 0.15) is 13.2 Å². The Morgan fingerprint density at radius 1 is 1.00 bits per heavy atom. The highest BCUT2D eigenvalue weighted by Gasteiger charge is 2.47. The molecule has 21 heavy (non-hydrogen) atoms. The minimum absolute atomic E-state index is 0.127. The quantitative estimate of drug-likeness (QED) is 0.570. The van der Waals surface area contributed by atoms with Crippen LogP contribution in [0, 0.1) is 11.3 Å². The van der Waals surface area contributed by atoms with Gasteiger partial charge in [0.2, 0.25) is 0 Å². The Balaban J connectivity index is 1.99. The molecule has 0 aliphatic heterocycles. The van der Waals surface area contributed by atoms with E-state index in [-0.39, 0.29) is 11.4 Å². The molecule has 2 saturated carbocycles. The Labute approximate surface area is 130 Å². The molecule has 0 radical (unpaired) electrons. The van der Waals surface area contributed by atoms with Crippen molar-refractivity contribution in [3.8, 4) is 0 Å². The van der Waals surface area contributed by atoms with Crippen LogP contribution in [-0.2, 0) is 9.53 Å². The monoisotopic (exact) mass is 296 g/mol. The highest BCUT2D eigenvalue weighted by atomic mass is 16.5. The zero-order valence-electron chi connectivity index (χ0n) is 14.3. The van der Waals surface area contributed by atoms with Crippen LogP contribution in [0.15, 0.2) is 0 Å². The third-order valence-electron chi connectivity index (χ3n) is 5.53. The van der Waals surface area contributed by atoms with E-state index in [9.17, 15) is 4.79 Å². The Bertz CT molecular complexity index is 334. The fourth-order valence-electron chi connectivity index (χ4n) is 4.17. The molecule has 122 valence electrons. The maximum Gasteiger partial charge on any atom is 0.312 e. The van der Waals surface area contributed by atoms with Gasteiger partial charge in [0.05, 0.1) is 26.6 Å². The van der Waals surface area contributed by atoms with Gasteiger partial charge in [-0.25, -0.2) is 0 Å². The number of quaternary nitrogens is 1. The first-order chi connectivity index (χ1) is 9.94. The smallest absolute Gasteiger partial charge is 0.312 e. The lowest BCUT2D eigenvalue weighted by Gasteiger charge is -2.43. The number of carbonyl (C=O) groups excluding carboxylic acids is 1. The number of carbonyl (C=O) groups is 1. The summed E-state index contributed by atoms with van der Waals surface area (Å²) in [5.74, 6) is 0.714. The molecule has 0 aromatic carbocycles. The zero-order chi connectivity index (χ0) is 15.3. The Hall–Kier alpha value is -0.570. The fourth-order valence-corrected chi connectivity index (χ4v) is 4.17. The van der Waals surface area contributed by atoms with Gasteiger partial charge in [-0.3, -0.25) is 4.79 Å². The summed E-state index contributed by atoms with van der Waals surface area (Å²) in [6.07, 6.45) is 12.3. The van der Waals surface area contributed by atoms with Crippen LogP contribution in [-0.4, -0.2) is 44.7 Å². The molecule has 0 aromatic rings. The number of hydrogen-bond donors (Lipinski definition) is 0. The molecule has 2 rings (SSSR count). The molecular formula is C18H34NO2+. The van der Waals surface area contributed by atoms with Gasteiger partial charge in [-0.15, -0.1) is 0 Å². The van der Waals surface area contributed by atoms with Gasteiger partial charge in [-0.2, -0.15) is 0 Å². The second kappa shape index (κ2) is 7.13. The van der Waals surface area contributed by atoms with Gasteiger partial charge < -0.3 is 9.22 Å². The fraction of sp³-hybridized carbons (Fsp3) is 0.944. The predicted molar refractivity (Wildman–Crippen MR) is 86.0 cm³/mol. The number of esters is 1. The lowest BCUT2D eigenvalue weighted by molar-refractivity contribution is -0.870. The first-order valence-electron chi connectivity index (χ1n) is 8.92. The summed E-state index contributed by atoms with van der Waals surface area (Å²) < 4.78 is 6.61. The van der Waals surface area contributed by atoms with Crippen molar-refractivity contribution in [2.75, 3.05) is 34.3 Å². The molecule has 0 N–H and O–H groups in total. The van der Waals surface area contributed by atoms with Crippen LogP contribution in [0.5, 0.6) is 0 Å². The third kappa shape index (κ3) is 4.45. The number of ether oxygens (including phenoxy) is 1. The summed E-state index contributed by atoms with van der Waals surface area (Å²) in [7, 11) is 6.43. The molecule has 0 amide bonds. The predicted octanol–water partition coefficient (Wildman–Crippen LogP) is 3.77. The van der Waals surface area contributed by atoms with Crippen molar-refractivity contribution in [2.24, 2.45) is 11.3 Å². The van der Waals surface area contributed by atoms with Crippen molar-refractivity contribution in [1.29, 1.82) is 0 Å².